The summed E-state index contributed by atoms with van der Waals surface area (Å²) in [6, 6.07) is 62.9. The Hall–Kier alpha value is -7.16. The number of rotatable bonds is 11. The molecule has 312 valence electrons. The maximum Gasteiger partial charge on any atom is 0.160 e. The van der Waals surface area contributed by atoms with Gasteiger partial charge in [0.1, 0.15) is 0 Å². The first-order chi connectivity index (χ1) is 30.8. The number of aryl methyl sites for hydroxylation is 3. The molecule has 0 saturated carbocycles. The third kappa shape index (κ3) is 9.98. The van der Waals surface area contributed by atoms with Crippen LogP contribution < -0.4 is 0 Å². The minimum Gasteiger partial charge on any atom is -0.228 e. The molecule has 0 radical (unpaired) electrons. The standard InChI is InChI=1S/C59H52N2.C2H6/c1-7-44(35-49-28-18-15-21-40(49)3)54(8-2)47-33-31-45(32-34-47)51-36-52(56(46-24-11-9-12-25-46)39-50-29-19-16-22-41(50)4)38-53(37-51)59-60-57(48-26-13-10-14-27-48)43(6)58(61-59)55-30-20-17-23-42(55)5;1-2/h7-34,36-39H,35H2,1-6H3;1-2H3/b44-7-,54-8+,56-39+;. The molecule has 2 heteroatoms. The van der Waals surface area contributed by atoms with Crippen LogP contribution in [0.5, 0.6) is 0 Å². The fourth-order valence-electron chi connectivity index (χ4n) is 8.30. The van der Waals surface area contributed by atoms with Gasteiger partial charge in [-0.05, 0) is 145 Å². The summed E-state index contributed by atoms with van der Waals surface area (Å²) < 4.78 is 0. The molecule has 0 unspecified atom stereocenters. The summed E-state index contributed by atoms with van der Waals surface area (Å²) in [7, 11) is 0. The van der Waals surface area contributed by atoms with E-state index in [4.69, 9.17) is 9.97 Å². The van der Waals surface area contributed by atoms with Crippen LogP contribution in [0.4, 0.5) is 0 Å². The van der Waals surface area contributed by atoms with E-state index in [2.05, 4.69) is 236 Å². The zero-order chi connectivity index (χ0) is 44.3. The lowest BCUT2D eigenvalue weighted by molar-refractivity contribution is 1.14. The first-order valence-corrected chi connectivity index (χ1v) is 22.3. The number of benzene rings is 7. The lowest BCUT2D eigenvalue weighted by Crippen LogP contribution is -2.02. The molecule has 0 saturated heterocycles. The molecule has 0 amide bonds. The van der Waals surface area contributed by atoms with Crippen LogP contribution in [0, 0.1) is 27.7 Å². The Balaban J connectivity index is 0.00000293. The molecule has 0 aliphatic rings. The van der Waals surface area contributed by atoms with Gasteiger partial charge in [0.2, 0.25) is 0 Å². The summed E-state index contributed by atoms with van der Waals surface area (Å²) in [5.41, 5.74) is 21.7. The van der Waals surface area contributed by atoms with Crippen LogP contribution in [-0.4, -0.2) is 9.97 Å². The van der Waals surface area contributed by atoms with Crippen LogP contribution >= 0.6 is 0 Å². The predicted octanol–water partition coefficient (Wildman–Crippen LogP) is 16.6. The zero-order valence-corrected chi connectivity index (χ0v) is 38.1. The molecule has 7 aromatic carbocycles. The normalized spacial score (nSPS) is 11.8. The third-order valence-corrected chi connectivity index (χ3v) is 11.8. The lowest BCUT2D eigenvalue weighted by Gasteiger charge is -2.18. The van der Waals surface area contributed by atoms with Crippen molar-refractivity contribution in [1.29, 1.82) is 0 Å². The molecular weight excluding hydrogens is 761 g/mol. The van der Waals surface area contributed by atoms with E-state index in [0.29, 0.717) is 5.82 Å². The molecule has 0 aliphatic carbocycles. The van der Waals surface area contributed by atoms with E-state index in [1.807, 2.05) is 13.8 Å². The summed E-state index contributed by atoms with van der Waals surface area (Å²) in [5.74, 6) is 0.691. The zero-order valence-electron chi connectivity index (χ0n) is 38.1. The minimum absolute atomic E-state index is 0.691. The van der Waals surface area contributed by atoms with Crippen LogP contribution in [0.15, 0.2) is 194 Å². The van der Waals surface area contributed by atoms with Gasteiger partial charge in [-0.15, -0.1) is 0 Å². The molecule has 8 aromatic rings. The van der Waals surface area contributed by atoms with Crippen LogP contribution in [0.2, 0.25) is 0 Å². The molecule has 0 atom stereocenters. The largest absolute Gasteiger partial charge is 0.228 e. The van der Waals surface area contributed by atoms with Crippen molar-refractivity contribution < 1.29 is 0 Å². The smallest absolute Gasteiger partial charge is 0.160 e. The molecule has 1 aromatic heterocycles. The Morgan fingerprint density at radius 3 is 1.70 bits per heavy atom. The topological polar surface area (TPSA) is 25.8 Å². The summed E-state index contributed by atoms with van der Waals surface area (Å²) in [5, 5.41) is 0. The molecule has 0 N–H and O–H groups in total. The molecule has 0 spiro atoms. The summed E-state index contributed by atoms with van der Waals surface area (Å²) in [4.78, 5) is 10.8. The highest BCUT2D eigenvalue weighted by Gasteiger charge is 2.19. The molecule has 0 aliphatic heterocycles. The SMILES string of the molecule is C/C=C(Cc1ccccc1C)\C(=C/C)c1ccc(-c2cc(/C(=C/c3ccccc3C)c3ccccc3)cc(-c3nc(-c4ccccc4)c(C)c(-c4ccccc4C)n3)c2)cc1.CC. The highest BCUT2D eigenvalue weighted by Crippen LogP contribution is 2.38. The predicted molar refractivity (Wildman–Crippen MR) is 271 cm³/mol. The van der Waals surface area contributed by atoms with Crippen molar-refractivity contribution in [2.75, 3.05) is 0 Å². The van der Waals surface area contributed by atoms with Gasteiger partial charge in [0.05, 0.1) is 11.4 Å². The van der Waals surface area contributed by atoms with Crippen molar-refractivity contribution >= 4 is 17.2 Å². The fraction of sp³-hybridized carbons (Fsp3) is 0.148. The van der Waals surface area contributed by atoms with E-state index >= 15 is 0 Å². The van der Waals surface area contributed by atoms with Gasteiger partial charge in [0.25, 0.3) is 0 Å². The van der Waals surface area contributed by atoms with E-state index in [1.54, 1.807) is 0 Å². The Kier molecular flexibility index (Phi) is 14.4. The molecule has 0 bridgehead atoms. The van der Waals surface area contributed by atoms with Crippen LogP contribution in [0.1, 0.15) is 77.8 Å². The molecule has 2 nitrogen and oxygen atoms in total. The van der Waals surface area contributed by atoms with Crippen molar-refractivity contribution in [3.05, 3.63) is 244 Å². The molecule has 63 heavy (non-hydrogen) atoms. The molecule has 1 heterocycles. The van der Waals surface area contributed by atoms with Crippen molar-refractivity contribution in [2.45, 2.75) is 61.8 Å². The van der Waals surface area contributed by atoms with E-state index in [-0.39, 0.29) is 0 Å². The van der Waals surface area contributed by atoms with Gasteiger partial charge in [-0.2, -0.15) is 0 Å². The first-order valence-electron chi connectivity index (χ1n) is 22.3. The monoisotopic (exact) mass is 818 g/mol. The Morgan fingerprint density at radius 2 is 1.05 bits per heavy atom. The average molecular weight is 819 g/mol. The molecule has 8 rings (SSSR count). The summed E-state index contributed by atoms with van der Waals surface area (Å²) in [6.45, 7) is 17.0. The summed E-state index contributed by atoms with van der Waals surface area (Å²) in [6.07, 6.45) is 7.71. The molecular formula is C61H58N2. The summed E-state index contributed by atoms with van der Waals surface area (Å²) >= 11 is 0. The maximum atomic E-state index is 5.44. The maximum absolute atomic E-state index is 5.44. The Labute approximate surface area is 376 Å². The number of hydrogen-bond donors (Lipinski definition) is 0. The van der Waals surface area contributed by atoms with E-state index in [9.17, 15) is 0 Å². The Bertz CT molecular complexity index is 2910. The van der Waals surface area contributed by atoms with Crippen molar-refractivity contribution in [2.24, 2.45) is 0 Å². The van der Waals surface area contributed by atoms with Crippen LogP contribution in [0.25, 0.3) is 62.3 Å². The van der Waals surface area contributed by atoms with Gasteiger partial charge < -0.3 is 0 Å². The number of nitrogens with zero attached hydrogens (tertiary/aromatic N) is 2. The number of allylic oxidation sites excluding steroid dienone is 4. The Morgan fingerprint density at radius 1 is 0.460 bits per heavy atom. The molecule has 0 fully saturated rings. The second kappa shape index (κ2) is 20.6. The van der Waals surface area contributed by atoms with Gasteiger partial charge in [-0.3, -0.25) is 0 Å². The highest BCUT2D eigenvalue weighted by molar-refractivity contribution is 5.94. The van der Waals surface area contributed by atoms with Crippen molar-refractivity contribution in [3.63, 3.8) is 0 Å². The first kappa shape index (κ1) is 43.9. The minimum atomic E-state index is 0.691. The van der Waals surface area contributed by atoms with Crippen LogP contribution in [-0.2, 0) is 6.42 Å². The number of hydrogen-bond acceptors (Lipinski definition) is 2. The highest BCUT2D eigenvalue weighted by atomic mass is 14.9. The van der Waals surface area contributed by atoms with E-state index in [1.165, 1.54) is 44.5 Å². The van der Waals surface area contributed by atoms with Crippen LogP contribution in [0.3, 0.4) is 0 Å². The lowest BCUT2D eigenvalue weighted by atomic mass is 9.88. The van der Waals surface area contributed by atoms with Gasteiger partial charge >= 0.3 is 0 Å². The van der Waals surface area contributed by atoms with E-state index < -0.39 is 0 Å². The van der Waals surface area contributed by atoms with Gasteiger partial charge in [-0.25, -0.2) is 9.97 Å². The quantitative estimate of drug-likeness (QED) is 0.0960. The fourth-order valence-corrected chi connectivity index (χ4v) is 8.30. The average Bonchev–Trinajstić information content (AvgIpc) is 3.33. The third-order valence-electron chi connectivity index (χ3n) is 11.8. The second-order valence-electron chi connectivity index (χ2n) is 15.8. The van der Waals surface area contributed by atoms with Crippen molar-refractivity contribution in [3.8, 4) is 45.0 Å². The van der Waals surface area contributed by atoms with E-state index in [0.717, 1.165) is 67.9 Å². The van der Waals surface area contributed by atoms with Gasteiger partial charge in [0, 0.05) is 22.3 Å². The second-order valence-corrected chi connectivity index (χ2v) is 15.8. The van der Waals surface area contributed by atoms with Crippen molar-refractivity contribution in [1.82, 2.24) is 9.97 Å². The number of aromatic nitrogens is 2. The van der Waals surface area contributed by atoms with Gasteiger partial charge in [0.15, 0.2) is 5.82 Å². The van der Waals surface area contributed by atoms with Gasteiger partial charge in [-0.1, -0.05) is 184 Å².